The van der Waals surface area contributed by atoms with E-state index in [9.17, 15) is 24.4 Å². The summed E-state index contributed by atoms with van der Waals surface area (Å²) < 4.78 is 26.2. The van der Waals surface area contributed by atoms with Gasteiger partial charge in [-0.2, -0.15) is 0 Å². The molecule has 0 unspecified atom stereocenters. The third-order valence-electron chi connectivity index (χ3n) is 7.91. The van der Waals surface area contributed by atoms with Crippen molar-refractivity contribution < 1.29 is 48.2 Å². The van der Waals surface area contributed by atoms with Crippen LogP contribution in [-0.2, 0) is 28.2 Å². The van der Waals surface area contributed by atoms with Crippen LogP contribution in [0.15, 0.2) is 72.9 Å². The molecule has 0 rings (SSSR count). The predicted octanol–water partition coefficient (Wildman–Crippen LogP) is 9.45. The van der Waals surface area contributed by atoms with Crippen LogP contribution in [0.2, 0.25) is 0 Å². The lowest BCUT2D eigenvalue weighted by Gasteiger charge is -2.18. The van der Waals surface area contributed by atoms with E-state index in [0.29, 0.717) is 32.1 Å². The summed E-state index contributed by atoms with van der Waals surface area (Å²) in [5, 5.41) is 20.3. The van der Waals surface area contributed by atoms with Crippen molar-refractivity contribution in [1.82, 2.24) is 0 Å². The van der Waals surface area contributed by atoms with Gasteiger partial charge in [0.25, 0.3) is 0 Å². The van der Waals surface area contributed by atoms with Crippen molar-refractivity contribution in [3.8, 4) is 0 Å². The summed E-state index contributed by atoms with van der Waals surface area (Å²) >= 11 is 0. The summed E-state index contributed by atoms with van der Waals surface area (Å²) in [6.07, 6.45) is 38.0. The molecule has 3 atom stereocenters. The Kier molecular flexibility index (Phi) is 33.7. The van der Waals surface area contributed by atoms with Crippen LogP contribution in [0.4, 0.5) is 0 Å². The van der Waals surface area contributed by atoms with Crippen molar-refractivity contribution in [2.75, 3.05) is 13.2 Å². The Bertz CT molecular complexity index is 1100. The van der Waals surface area contributed by atoms with Gasteiger partial charge in [-0.1, -0.05) is 125 Å². The molecule has 0 heterocycles. The first-order valence-electron chi connectivity index (χ1n) is 19.4. The van der Waals surface area contributed by atoms with Crippen LogP contribution >= 0.6 is 7.82 Å². The normalized spacial score (nSPS) is 14.5. The summed E-state index contributed by atoms with van der Waals surface area (Å²) in [4.78, 5) is 42.7. The van der Waals surface area contributed by atoms with E-state index in [0.717, 1.165) is 70.6 Å². The lowest BCUT2D eigenvalue weighted by molar-refractivity contribution is -0.161. The molecule has 0 saturated heterocycles. The molecule has 0 bridgehead atoms. The average Bonchev–Trinajstić information content (AvgIpc) is 3.11. The molecule has 0 aliphatic rings. The van der Waals surface area contributed by atoms with Crippen LogP contribution in [0.5, 0.6) is 0 Å². The summed E-state index contributed by atoms with van der Waals surface area (Å²) in [5.74, 6) is -1.07. The third kappa shape index (κ3) is 35.8. The van der Waals surface area contributed by atoms with Gasteiger partial charge >= 0.3 is 19.8 Å². The van der Waals surface area contributed by atoms with Gasteiger partial charge in [0.1, 0.15) is 6.61 Å². The number of aliphatic hydroxyl groups is 2. The van der Waals surface area contributed by atoms with Gasteiger partial charge in [0, 0.05) is 12.8 Å². The lowest BCUT2D eigenvalue weighted by atomic mass is 10.0. The second-order valence-electron chi connectivity index (χ2n) is 12.8. The fourth-order valence-electron chi connectivity index (χ4n) is 4.90. The Hall–Kier alpha value is -2.59. The van der Waals surface area contributed by atoms with Crippen LogP contribution in [0.25, 0.3) is 0 Å². The Morgan fingerprint density at radius 2 is 1.13 bits per heavy atom. The van der Waals surface area contributed by atoms with Crippen LogP contribution in [0, 0.1) is 0 Å². The average molecular weight is 753 g/mol. The summed E-state index contributed by atoms with van der Waals surface area (Å²) in [5.41, 5.74) is 0. The smallest absolute Gasteiger partial charge is 0.462 e. The number of rotatable bonds is 34. The maximum absolute atomic E-state index is 12.4. The van der Waals surface area contributed by atoms with E-state index in [4.69, 9.17) is 19.3 Å². The minimum Gasteiger partial charge on any atom is -0.462 e. The fourth-order valence-corrected chi connectivity index (χ4v) is 5.26. The largest absolute Gasteiger partial charge is 0.469 e. The Morgan fingerprint density at radius 3 is 1.75 bits per heavy atom. The second-order valence-corrected chi connectivity index (χ2v) is 14.1. The quantitative estimate of drug-likeness (QED) is 0.0216. The summed E-state index contributed by atoms with van der Waals surface area (Å²) in [6.45, 7) is 3.31. The summed E-state index contributed by atoms with van der Waals surface area (Å²) in [6, 6.07) is 0. The Labute approximate surface area is 314 Å². The van der Waals surface area contributed by atoms with E-state index in [2.05, 4.69) is 73.1 Å². The van der Waals surface area contributed by atoms with Crippen LogP contribution < -0.4 is 0 Å². The van der Waals surface area contributed by atoms with E-state index in [-0.39, 0.29) is 19.4 Å². The van der Waals surface area contributed by atoms with E-state index in [1.165, 1.54) is 12.8 Å². The fraction of sp³-hybridized carbons (Fsp3) is 0.659. The number of aliphatic hydroxyl groups excluding tert-OH is 2. The molecular formula is C41H69O10P. The minimum absolute atomic E-state index is 0.0980. The number of phosphoric acid groups is 1. The van der Waals surface area contributed by atoms with Gasteiger partial charge < -0.3 is 29.5 Å². The summed E-state index contributed by atoms with van der Waals surface area (Å²) in [7, 11) is -4.81. The molecule has 0 aromatic rings. The number of esters is 2. The van der Waals surface area contributed by atoms with Crippen LogP contribution in [0.1, 0.15) is 142 Å². The molecule has 0 radical (unpaired) electrons. The number of hydrogen-bond donors (Lipinski definition) is 4. The minimum atomic E-state index is -4.81. The SMILES string of the molecule is CC/C=C\C/C=C\C/C=C\C/C=C\C/C=C\CCCC(=O)O[C@H](COC(=O)CCCCCCC[C@@H](O)[C@H](O)C/C=C\CCCCC)COP(=O)(O)O. The van der Waals surface area contributed by atoms with Gasteiger partial charge in [-0.25, -0.2) is 4.57 Å². The lowest BCUT2D eigenvalue weighted by Crippen LogP contribution is -2.29. The van der Waals surface area contributed by atoms with Crippen molar-refractivity contribution in [3.05, 3.63) is 72.9 Å². The standard InChI is InChI=1S/C41H69O10P/c1-3-5-7-9-11-12-13-14-15-16-17-18-19-20-21-25-30-34-41(45)51-37(36-50-52(46,47)48)35-49-40(44)33-29-26-22-24-28-32-39(43)38(42)31-27-23-10-8-6-4-2/h5,7,11-12,14-15,17-18,20-21,23,27,37-39,42-43H,3-4,6,8-10,13,16,19,22,24-26,28-36H2,1-2H3,(H2,46,47,48)/b7-5-,12-11-,15-14-,18-17-,21-20-,27-23-/t37-,38-,39-/m1/s1. The zero-order valence-corrected chi connectivity index (χ0v) is 32.8. The molecule has 10 nitrogen and oxygen atoms in total. The molecule has 0 aliphatic heterocycles. The molecule has 4 N–H and O–H groups in total. The Morgan fingerprint density at radius 1 is 0.596 bits per heavy atom. The van der Waals surface area contributed by atoms with Gasteiger partial charge in [-0.05, 0) is 77.0 Å². The first-order valence-corrected chi connectivity index (χ1v) is 20.9. The molecule has 0 aromatic heterocycles. The zero-order chi connectivity index (χ0) is 38.5. The molecule has 298 valence electrons. The highest BCUT2D eigenvalue weighted by molar-refractivity contribution is 7.46. The molecule has 0 amide bonds. The van der Waals surface area contributed by atoms with E-state index in [1.807, 2.05) is 18.2 Å². The molecule has 0 saturated carbocycles. The first-order chi connectivity index (χ1) is 25.1. The van der Waals surface area contributed by atoms with E-state index in [1.54, 1.807) is 0 Å². The molecule has 11 heteroatoms. The highest BCUT2D eigenvalue weighted by atomic mass is 31.2. The van der Waals surface area contributed by atoms with Crippen molar-refractivity contribution in [1.29, 1.82) is 0 Å². The van der Waals surface area contributed by atoms with E-state index < -0.39 is 44.7 Å². The van der Waals surface area contributed by atoms with Crippen molar-refractivity contribution in [2.24, 2.45) is 0 Å². The number of unbranched alkanes of at least 4 members (excludes halogenated alkanes) is 8. The van der Waals surface area contributed by atoms with Crippen molar-refractivity contribution >= 4 is 19.8 Å². The topological polar surface area (TPSA) is 160 Å². The van der Waals surface area contributed by atoms with Gasteiger partial charge in [0.2, 0.25) is 0 Å². The van der Waals surface area contributed by atoms with Crippen molar-refractivity contribution in [3.63, 3.8) is 0 Å². The van der Waals surface area contributed by atoms with Gasteiger partial charge in [-0.15, -0.1) is 0 Å². The van der Waals surface area contributed by atoms with Gasteiger partial charge in [0.05, 0.1) is 18.8 Å². The highest BCUT2D eigenvalue weighted by Gasteiger charge is 2.23. The van der Waals surface area contributed by atoms with Gasteiger partial charge in [-0.3, -0.25) is 14.1 Å². The maximum atomic E-state index is 12.4. The number of hydrogen-bond acceptors (Lipinski definition) is 8. The van der Waals surface area contributed by atoms with Crippen LogP contribution in [0.3, 0.4) is 0 Å². The number of carbonyl (C=O) groups excluding carboxylic acids is 2. The monoisotopic (exact) mass is 752 g/mol. The molecule has 0 aliphatic carbocycles. The van der Waals surface area contributed by atoms with E-state index >= 15 is 0 Å². The maximum Gasteiger partial charge on any atom is 0.469 e. The first kappa shape index (κ1) is 49.4. The number of allylic oxidation sites excluding steroid dienone is 11. The molecule has 0 spiro atoms. The van der Waals surface area contributed by atoms with Crippen LogP contribution in [-0.4, -0.2) is 63.5 Å². The number of ether oxygens (including phenoxy) is 2. The molecule has 52 heavy (non-hydrogen) atoms. The number of phosphoric ester groups is 1. The molecular weight excluding hydrogens is 683 g/mol. The highest BCUT2D eigenvalue weighted by Crippen LogP contribution is 2.36. The molecule has 0 fully saturated rings. The Balaban J connectivity index is 4.20. The van der Waals surface area contributed by atoms with Crippen molar-refractivity contribution in [2.45, 2.75) is 161 Å². The predicted molar refractivity (Wildman–Crippen MR) is 209 cm³/mol. The van der Waals surface area contributed by atoms with Gasteiger partial charge in [0.15, 0.2) is 6.10 Å². The molecule has 0 aromatic carbocycles. The third-order valence-corrected chi connectivity index (χ3v) is 8.40. The zero-order valence-electron chi connectivity index (χ0n) is 31.9. The second kappa shape index (κ2) is 35.4. The number of carbonyl (C=O) groups is 2.